The van der Waals surface area contributed by atoms with Crippen LogP contribution in [0.4, 0.5) is 0 Å². The molecule has 4 heteroatoms. The van der Waals surface area contributed by atoms with Crippen molar-refractivity contribution in [3.8, 4) is 0 Å². The van der Waals surface area contributed by atoms with Crippen LogP contribution in [0.15, 0.2) is 0 Å². The van der Waals surface area contributed by atoms with Crippen LogP contribution in [0, 0.1) is 0 Å². The van der Waals surface area contributed by atoms with Gasteiger partial charge in [-0.1, -0.05) is 6.92 Å². The van der Waals surface area contributed by atoms with Crippen molar-refractivity contribution in [1.29, 1.82) is 0 Å². The number of nitrogens with zero attached hydrogens (tertiary/aromatic N) is 1. The molecular formula is C16H32N2O2. The predicted octanol–water partition coefficient (Wildman–Crippen LogP) is 1.77. The Hall–Kier alpha value is -0.160. The number of aliphatic hydroxyl groups is 1. The maximum Gasteiger partial charge on any atom is 0.0753 e. The quantitative estimate of drug-likeness (QED) is 0.807. The lowest BCUT2D eigenvalue weighted by atomic mass is 9.78. The third-order valence-electron chi connectivity index (χ3n) is 4.84. The van der Waals surface area contributed by atoms with Crippen molar-refractivity contribution in [2.24, 2.45) is 0 Å². The van der Waals surface area contributed by atoms with Crippen LogP contribution in [0.3, 0.4) is 0 Å². The fraction of sp³-hybridized carbons (Fsp3) is 1.00. The van der Waals surface area contributed by atoms with Gasteiger partial charge in [-0.3, -0.25) is 4.90 Å². The van der Waals surface area contributed by atoms with Gasteiger partial charge in [0, 0.05) is 24.7 Å². The third kappa shape index (κ3) is 3.94. The highest BCUT2D eigenvalue weighted by molar-refractivity contribution is 4.97. The molecule has 1 heterocycles. The second-order valence-electron chi connectivity index (χ2n) is 7.19. The highest BCUT2D eigenvalue weighted by atomic mass is 16.5. The molecule has 0 amide bonds. The van der Waals surface area contributed by atoms with Crippen LogP contribution in [0.25, 0.3) is 0 Å². The summed E-state index contributed by atoms with van der Waals surface area (Å²) in [4.78, 5) is 2.58. The first kappa shape index (κ1) is 16.2. The molecule has 118 valence electrons. The first-order valence-corrected chi connectivity index (χ1v) is 8.24. The second kappa shape index (κ2) is 6.73. The molecule has 0 aromatic carbocycles. The number of hydrogen-bond donors (Lipinski definition) is 2. The molecule has 1 aliphatic carbocycles. The predicted molar refractivity (Wildman–Crippen MR) is 82.0 cm³/mol. The molecular weight excluding hydrogens is 252 g/mol. The molecule has 2 atom stereocenters. The average Bonchev–Trinajstić information content (AvgIpc) is 2.44. The van der Waals surface area contributed by atoms with Crippen molar-refractivity contribution in [3.05, 3.63) is 0 Å². The van der Waals surface area contributed by atoms with Gasteiger partial charge in [0.2, 0.25) is 0 Å². The summed E-state index contributed by atoms with van der Waals surface area (Å²) in [5, 5.41) is 13.5. The van der Waals surface area contributed by atoms with E-state index in [1.165, 1.54) is 12.8 Å². The summed E-state index contributed by atoms with van der Waals surface area (Å²) < 4.78 is 5.82. The van der Waals surface area contributed by atoms with E-state index in [9.17, 15) is 5.11 Å². The van der Waals surface area contributed by atoms with Crippen LogP contribution >= 0.6 is 0 Å². The Balaban J connectivity index is 1.98. The second-order valence-corrected chi connectivity index (χ2v) is 7.19. The summed E-state index contributed by atoms with van der Waals surface area (Å²) in [5.41, 5.74) is -0.0875. The van der Waals surface area contributed by atoms with E-state index in [2.05, 4.69) is 31.0 Å². The van der Waals surface area contributed by atoms with E-state index in [4.69, 9.17) is 4.74 Å². The molecule has 1 saturated heterocycles. The van der Waals surface area contributed by atoms with Crippen molar-refractivity contribution in [2.45, 2.75) is 70.1 Å². The van der Waals surface area contributed by atoms with Crippen LogP contribution in [-0.2, 0) is 4.74 Å². The van der Waals surface area contributed by atoms with E-state index in [-0.39, 0.29) is 17.7 Å². The highest BCUT2D eigenvalue weighted by Gasteiger charge is 2.39. The number of aliphatic hydroxyl groups excluding tert-OH is 1. The normalized spacial score (nSPS) is 35.1. The molecule has 4 nitrogen and oxygen atoms in total. The van der Waals surface area contributed by atoms with Crippen molar-refractivity contribution >= 4 is 0 Å². The van der Waals surface area contributed by atoms with Crippen molar-refractivity contribution in [3.63, 3.8) is 0 Å². The largest absolute Gasteiger partial charge is 0.394 e. The topological polar surface area (TPSA) is 44.7 Å². The molecule has 2 aliphatic rings. The number of ether oxygens (including phenoxy) is 1. The molecule has 0 spiro atoms. The van der Waals surface area contributed by atoms with Gasteiger partial charge >= 0.3 is 0 Å². The number of hydrogen-bond acceptors (Lipinski definition) is 4. The van der Waals surface area contributed by atoms with Crippen LogP contribution in [0.1, 0.15) is 52.9 Å². The fourth-order valence-electron chi connectivity index (χ4n) is 3.76. The molecule has 2 N–H and O–H groups in total. The standard InChI is InChI=1S/C16H32N2O2/c1-4-8-17-16(13-19)7-5-6-14(11-16)18-9-10-20-15(2,3)12-18/h14,17,19H,4-13H2,1-3H3. The Morgan fingerprint density at radius 3 is 2.85 bits per heavy atom. The zero-order chi connectivity index (χ0) is 14.6. The minimum atomic E-state index is -0.0542. The maximum atomic E-state index is 9.88. The van der Waals surface area contributed by atoms with Gasteiger partial charge in [0.05, 0.1) is 18.8 Å². The lowest BCUT2D eigenvalue weighted by molar-refractivity contribution is -0.105. The lowest BCUT2D eigenvalue weighted by Crippen LogP contribution is -2.59. The Kier molecular flexibility index (Phi) is 5.46. The van der Waals surface area contributed by atoms with Gasteiger partial charge < -0.3 is 15.2 Å². The molecule has 1 aliphatic heterocycles. The molecule has 20 heavy (non-hydrogen) atoms. The Morgan fingerprint density at radius 1 is 1.40 bits per heavy atom. The minimum absolute atomic E-state index is 0.0333. The van der Waals surface area contributed by atoms with E-state index in [0.29, 0.717) is 6.04 Å². The van der Waals surface area contributed by atoms with Gasteiger partial charge in [-0.05, 0) is 52.5 Å². The van der Waals surface area contributed by atoms with Crippen LogP contribution in [0.5, 0.6) is 0 Å². The van der Waals surface area contributed by atoms with Crippen molar-refractivity contribution in [1.82, 2.24) is 10.2 Å². The number of rotatable bonds is 5. The molecule has 2 unspecified atom stereocenters. The molecule has 0 aromatic rings. The summed E-state index contributed by atoms with van der Waals surface area (Å²) in [7, 11) is 0. The van der Waals surface area contributed by atoms with E-state index < -0.39 is 0 Å². The number of morpholine rings is 1. The molecule has 0 aromatic heterocycles. The monoisotopic (exact) mass is 284 g/mol. The van der Waals surface area contributed by atoms with Crippen LogP contribution < -0.4 is 5.32 Å². The van der Waals surface area contributed by atoms with E-state index in [0.717, 1.165) is 45.5 Å². The van der Waals surface area contributed by atoms with Gasteiger partial charge in [0.15, 0.2) is 0 Å². The molecule has 2 rings (SSSR count). The Morgan fingerprint density at radius 2 is 2.20 bits per heavy atom. The molecule has 0 bridgehead atoms. The smallest absolute Gasteiger partial charge is 0.0753 e. The van der Waals surface area contributed by atoms with Gasteiger partial charge in [-0.25, -0.2) is 0 Å². The molecule has 1 saturated carbocycles. The third-order valence-corrected chi connectivity index (χ3v) is 4.84. The first-order valence-electron chi connectivity index (χ1n) is 8.24. The van der Waals surface area contributed by atoms with E-state index in [1.54, 1.807) is 0 Å². The minimum Gasteiger partial charge on any atom is -0.394 e. The zero-order valence-electron chi connectivity index (χ0n) is 13.5. The average molecular weight is 284 g/mol. The van der Waals surface area contributed by atoms with Crippen LogP contribution in [0.2, 0.25) is 0 Å². The summed E-state index contributed by atoms with van der Waals surface area (Å²) in [6.45, 7) is 10.7. The maximum absolute atomic E-state index is 9.88. The first-order chi connectivity index (χ1) is 9.50. The zero-order valence-corrected chi connectivity index (χ0v) is 13.5. The summed E-state index contributed by atoms with van der Waals surface area (Å²) >= 11 is 0. The summed E-state index contributed by atoms with van der Waals surface area (Å²) in [6, 6.07) is 0.587. The van der Waals surface area contributed by atoms with Gasteiger partial charge in [-0.2, -0.15) is 0 Å². The SMILES string of the molecule is CCCNC1(CO)CCCC(N2CCOC(C)(C)C2)C1. The Labute approximate surface area is 123 Å². The Bertz CT molecular complexity index is 309. The van der Waals surface area contributed by atoms with Gasteiger partial charge in [0.1, 0.15) is 0 Å². The fourth-order valence-corrected chi connectivity index (χ4v) is 3.76. The lowest BCUT2D eigenvalue weighted by Gasteiger charge is -2.48. The summed E-state index contributed by atoms with van der Waals surface area (Å²) in [5.74, 6) is 0. The molecule has 0 radical (unpaired) electrons. The number of nitrogens with one attached hydrogen (secondary N) is 1. The van der Waals surface area contributed by atoms with E-state index in [1.807, 2.05) is 0 Å². The van der Waals surface area contributed by atoms with Crippen molar-refractivity contribution in [2.75, 3.05) is 32.8 Å². The van der Waals surface area contributed by atoms with Gasteiger partial charge in [-0.15, -0.1) is 0 Å². The summed E-state index contributed by atoms with van der Waals surface area (Å²) in [6.07, 6.45) is 5.76. The van der Waals surface area contributed by atoms with E-state index >= 15 is 0 Å². The van der Waals surface area contributed by atoms with Crippen molar-refractivity contribution < 1.29 is 9.84 Å². The van der Waals surface area contributed by atoms with Gasteiger partial charge in [0.25, 0.3) is 0 Å². The van der Waals surface area contributed by atoms with Crippen LogP contribution in [-0.4, -0.2) is 60.0 Å². The highest BCUT2D eigenvalue weighted by Crippen LogP contribution is 2.33. The molecule has 2 fully saturated rings.